The van der Waals surface area contributed by atoms with Crippen molar-refractivity contribution in [3.63, 3.8) is 0 Å². The van der Waals surface area contributed by atoms with Gasteiger partial charge in [0.2, 0.25) is 0 Å². The van der Waals surface area contributed by atoms with Crippen LogP contribution in [-0.2, 0) is 4.84 Å². The smallest absolute Gasteiger partial charge is 0.405 e. The summed E-state index contributed by atoms with van der Waals surface area (Å²) in [7, 11) is 0. The molecule has 0 aliphatic carbocycles. The van der Waals surface area contributed by atoms with E-state index in [9.17, 15) is 4.79 Å². The number of ether oxygens (including phenoxy) is 1. The Labute approximate surface area is 115 Å². The maximum absolute atomic E-state index is 10.7. The molecule has 1 aromatic carbocycles. The molecule has 106 valence electrons. The number of hydrogen-bond donors (Lipinski definition) is 2. The van der Waals surface area contributed by atoms with Crippen molar-refractivity contribution in [2.24, 2.45) is 5.16 Å². The highest BCUT2D eigenvalue weighted by atomic mass is 16.7. The molecular formula is C13H15N3O4. The minimum atomic E-state index is -1.05. The predicted octanol–water partition coefficient (Wildman–Crippen LogP) is 1.36. The van der Waals surface area contributed by atoms with Gasteiger partial charge in [-0.1, -0.05) is 17.3 Å². The van der Waals surface area contributed by atoms with E-state index in [1.165, 1.54) is 0 Å². The maximum atomic E-state index is 10.7. The second-order valence-electron chi connectivity index (χ2n) is 4.59. The normalized spacial score (nSPS) is 19.9. The number of amidine groups is 1. The van der Waals surface area contributed by atoms with Crippen molar-refractivity contribution in [1.82, 2.24) is 10.2 Å². The highest BCUT2D eigenvalue weighted by Gasteiger charge is 2.27. The van der Waals surface area contributed by atoms with Crippen LogP contribution in [0.25, 0.3) is 0 Å². The van der Waals surface area contributed by atoms with Crippen molar-refractivity contribution in [3.8, 4) is 5.75 Å². The summed E-state index contributed by atoms with van der Waals surface area (Å²) >= 11 is 0. The fourth-order valence-corrected chi connectivity index (χ4v) is 2.37. The molecule has 0 bridgehead atoms. The van der Waals surface area contributed by atoms with E-state index in [1.807, 2.05) is 30.0 Å². The monoisotopic (exact) mass is 277 g/mol. The molecule has 2 aliphatic rings. The predicted molar refractivity (Wildman–Crippen MR) is 70.7 cm³/mol. The number of oxime groups is 1. The van der Waals surface area contributed by atoms with Gasteiger partial charge in [-0.25, -0.2) is 4.79 Å². The van der Waals surface area contributed by atoms with Gasteiger partial charge < -0.3 is 24.9 Å². The Morgan fingerprint density at radius 3 is 3.20 bits per heavy atom. The Morgan fingerprint density at radius 1 is 1.60 bits per heavy atom. The highest BCUT2D eigenvalue weighted by molar-refractivity contribution is 5.99. The second kappa shape index (κ2) is 4.92. The number of nitrogens with one attached hydrogen (secondary N) is 1. The fraction of sp³-hybridized carbons (Fsp3) is 0.385. The molecule has 2 heterocycles. The third-order valence-corrected chi connectivity index (χ3v) is 3.40. The first-order chi connectivity index (χ1) is 9.69. The van der Waals surface area contributed by atoms with Crippen LogP contribution in [0.5, 0.6) is 5.75 Å². The molecule has 0 spiro atoms. The molecule has 0 fully saturated rings. The maximum Gasteiger partial charge on any atom is 0.405 e. The summed E-state index contributed by atoms with van der Waals surface area (Å²) in [5, 5.41) is 15.2. The van der Waals surface area contributed by atoms with Gasteiger partial charge in [-0.2, -0.15) is 0 Å². The Hall–Kier alpha value is -2.44. The second-order valence-corrected chi connectivity index (χ2v) is 4.59. The molecule has 2 aliphatic heterocycles. The van der Waals surface area contributed by atoms with Gasteiger partial charge in [-0.05, 0) is 13.0 Å². The molecule has 0 radical (unpaired) electrons. The lowest BCUT2D eigenvalue weighted by Gasteiger charge is -2.15. The third-order valence-electron chi connectivity index (χ3n) is 3.40. The quantitative estimate of drug-likeness (QED) is 0.871. The van der Waals surface area contributed by atoms with Crippen molar-refractivity contribution in [1.29, 1.82) is 0 Å². The Morgan fingerprint density at radius 2 is 2.45 bits per heavy atom. The van der Waals surface area contributed by atoms with Crippen molar-refractivity contribution in [2.45, 2.75) is 13.0 Å². The van der Waals surface area contributed by atoms with Crippen LogP contribution in [0.1, 0.15) is 24.1 Å². The number of hydrogen-bond acceptors (Lipinski definition) is 5. The van der Waals surface area contributed by atoms with Crippen LogP contribution >= 0.6 is 0 Å². The highest BCUT2D eigenvalue weighted by Crippen LogP contribution is 2.33. The molecule has 1 aromatic rings. The molecule has 0 saturated carbocycles. The minimum Gasteiger partial charge on any atom is -0.491 e. The fourth-order valence-electron chi connectivity index (χ4n) is 2.37. The van der Waals surface area contributed by atoms with Crippen molar-refractivity contribution in [3.05, 3.63) is 29.3 Å². The van der Waals surface area contributed by atoms with E-state index in [4.69, 9.17) is 14.7 Å². The van der Waals surface area contributed by atoms with E-state index in [1.54, 1.807) is 0 Å². The topological polar surface area (TPSA) is 83.4 Å². The van der Waals surface area contributed by atoms with Gasteiger partial charge >= 0.3 is 6.09 Å². The van der Waals surface area contributed by atoms with E-state index in [2.05, 4.69) is 10.5 Å². The first-order valence-electron chi connectivity index (χ1n) is 6.40. The number of nitrogens with zero attached hydrogens (tertiary/aromatic N) is 2. The number of amides is 1. The molecule has 2 N–H and O–H groups in total. The summed E-state index contributed by atoms with van der Waals surface area (Å²) in [6.45, 7) is 3.60. The zero-order chi connectivity index (χ0) is 14.1. The first kappa shape index (κ1) is 12.6. The summed E-state index contributed by atoms with van der Waals surface area (Å²) in [6, 6.07) is 5.32. The van der Waals surface area contributed by atoms with Crippen molar-refractivity contribution < 1.29 is 19.5 Å². The molecule has 7 heteroatoms. The molecule has 1 unspecified atom stereocenters. The largest absolute Gasteiger partial charge is 0.491 e. The van der Waals surface area contributed by atoms with E-state index in [0.29, 0.717) is 19.1 Å². The van der Waals surface area contributed by atoms with Crippen LogP contribution in [0.15, 0.2) is 23.4 Å². The van der Waals surface area contributed by atoms with Gasteiger partial charge in [0.05, 0.1) is 6.04 Å². The number of rotatable bonds is 3. The SMILES string of the molecule is CCN1CON=C1c1ccc2c(c1)OCC2NC(=O)O. The van der Waals surface area contributed by atoms with Gasteiger partial charge in [0.15, 0.2) is 12.6 Å². The number of benzene rings is 1. The third kappa shape index (κ3) is 2.11. The lowest BCUT2D eigenvalue weighted by atomic mass is 10.1. The Bertz CT molecular complexity index is 573. The first-order valence-corrected chi connectivity index (χ1v) is 6.40. The Balaban J connectivity index is 1.86. The van der Waals surface area contributed by atoms with E-state index < -0.39 is 6.09 Å². The lowest BCUT2D eigenvalue weighted by Crippen LogP contribution is -2.28. The van der Waals surface area contributed by atoms with E-state index >= 15 is 0 Å². The molecule has 1 atom stereocenters. The molecule has 3 rings (SSSR count). The molecule has 0 aromatic heterocycles. The molecule has 20 heavy (non-hydrogen) atoms. The van der Waals surface area contributed by atoms with Gasteiger partial charge in [-0.3, -0.25) is 0 Å². The zero-order valence-electron chi connectivity index (χ0n) is 11.0. The average molecular weight is 277 g/mol. The van der Waals surface area contributed by atoms with Crippen molar-refractivity contribution >= 4 is 11.9 Å². The van der Waals surface area contributed by atoms with Crippen LogP contribution in [-0.4, -0.2) is 41.8 Å². The van der Waals surface area contributed by atoms with Crippen LogP contribution in [0, 0.1) is 0 Å². The zero-order valence-corrected chi connectivity index (χ0v) is 11.0. The standard InChI is InChI=1S/C13H15N3O4/c1-2-16-7-20-15-12(16)8-3-4-9-10(14-13(17)18)6-19-11(9)5-8/h3-5,10,14H,2,6-7H2,1H3,(H,17,18). The summed E-state index contributed by atoms with van der Waals surface area (Å²) in [4.78, 5) is 17.8. The van der Waals surface area contributed by atoms with Crippen LogP contribution in [0.4, 0.5) is 4.79 Å². The summed E-state index contributed by atoms with van der Waals surface area (Å²) < 4.78 is 5.54. The van der Waals surface area contributed by atoms with Crippen molar-refractivity contribution in [2.75, 3.05) is 19.9 Å². The van der Waals surface area contributed by atoms with Gasteiger partial charge in [0.1, 0.15) is 12.4 Å². The van der Waals surface area contributed by atoms with Crippen LogP contribution < -0.4 is 10.1 Å². The summed E-state index contributed by atoms with van der Waals surface area (Å²) in [6.07, 6.45) is -1.05. The number of carboxylic acid groups (broad SMARTS) is 1. The van der Waals surface area contributed by atoms with Gasteiger partial charge in [0.25, 0.3) is 0 Å². The van der Waals surface area contributed by atoms with E-state index in [-0.39, 0.29) is 6.04 Å². The van der Waals surface area contributed by atoms with Crippen LogP contribution in [0.3, 0.4) is 0 Å². The summed E-state index contributed by atoms with van der Waals surface area (Å²) in [5.74, 6) is 1.46. The molecule has 0 saturated heterocycles. The van der Waals surface area contributed by atoms with Gasteiger partial charge in [0, 0.05) is 17.7 Å². The number of fused-ring (bicyclic) bond motifs is 1. The summed E-state index contributed by atoms with van der Waals surface area (Å²) in [5.41, 5.74) is 1.75. The average Bonchev–Trinajstić information content (AvgIpc) is 3.04. The molecular weight excluding hydrogens is 262 g/mol. The minimum absolute atomic E-state index is 0.311. The molecule has 1 amide bonds. The number of carbonyl (C=O) groups is 1. The Kier molecular flexibility index (Phi) is 3.09. The van der Waals surface area contributed by atoms with Crippen LogP contribution in [0.2, 0.25) is 0 Å². The molecule has 7 nitrogen and oxygen atoms in total. The lowest BCUT2D eigenvalue weighted by molar-refractivity contribution is 0.112. The van der Waals surface area contributed by atoms with E-state index in [0.717, 1.165) is 23.5 Å². The van der Waals surface area contributed by atoms with Gasteiger partial charge in [-0.15, -0.1) is 0 Å².